The summed E-state index contributed by atoms with van der Waals surface area (Å²) in [6.07, 6.45) is 0.467. The lowest BCUT2D eigenvalue weighted by atomic mass is 10.1. The first-order chi connectivity index (χ1) is 9.55. The molecule has 0 saturated heterocycles. The highest BCUT2D eigenvalue weighted by atomic mass is 16.5. The average molecular weight is 280 g/mol. The minimum Gasteiger partial charge on any atom is -0.497 e. The van der Waals surface area contributed by atoms with Gasteiger partial charge in [-0.3, -0.25) is 10.1 Å². The zero-order valence-corrected chi connectivity index (χ0v) is 11.7. The molecule has 1 atom stereocenters. The summed E-state index contributed by atoms with van der Waals surface area (Å²) in [7, 11) is 1.60. The van der Waals surface area contributed by atoms with E-state index in [1.807, 2.05) is 36.5 Å². The van der Waals surface area contributed by atoms with Crippen molar-refractivity contribution in [2.75, 3.05) is 12.4 Å². The summed E-state index contributed by atoms with van der Waals surface area (Å²) < 4.78 is 5.07. The summed E-state index contributed by atoms with van der Waals surface area (Å²) in [4.78, 5) is 21.9. The molecule has 20 heavy (non-hydrogen) atoms. The summed E-state index contributed by atoms with van der Waals surface area (Å²) in [5, 5.41) is 13.6. The lowest BCUT2D eigenvalue weighted by Gasteiger charge is -2.18. The number of rotatable bonds is 7. The number of carbonyl (C=O) groups excluding carboxylic acids is 1. The van der Waals surface area contributed by atoms with Crippen LogP contribution in [-0.4, -0.2) is 30.3 Å². The number of ether oxygens (including phenoxy) is 1. The summed E-state index contributed by atoms with van der Waals surface area (Å²) in [6, 6.07) is 7.26. The highest BCUT2D eigenvalue weighted by molar-refractivity contribution is 5.91. The largest absolute Gasteiger partial charge is 0.497 e. The number of hydrogen-bond acceptors (Lipinski definition) is 4. The second-order valence-corrected chi connectivity index (χ2v) is 4.42. The first kappa shape index (κ1) is 15.8. The molecule has 1 rings (SSSR count). The molecule has 2 amide bonds. The highest BCUT2D eigenvalue weighted by Crippen LogP contribution is 2.17. The first-order valence-corrected chi connectivity index (χ1v) is 6.48. The van der Waals surface area contributed by atoms with Gasteiger partial charge in [0.05, 0.1) is 7.11 Å². The SMILES string of the molecule is CCCC(CC(=O)NC(=O)O)Nc1ccc(OC)cc1. The fourth-order valence-electron chi connectivity index (χ4n) is 1.89. The van der Waals surface area contributed by atoms with Gasteiger partial charge in [-0.15, -0.1) is 0 Å². The molecule has 1 unspecified atom stereocenters. The van der Waals surface area contributed by atoms with Crippen LogP contribution in [0.3, 0.4) is 0 Å². The van der Waals surface area contributed by atoms with Crippen LogP contribution in [0.4, 0.5) is 10.5 Å². The quantitative estimate of drug-likeness (QED) is 0.714. The Morgan fingerprint density at radius 3 is 2.45 bits per heavy atom. The average Bonchev–Trinajstić information content (AvgIpc) is 2.38. The maximum absolute atomic E-state index is 11.5. The Kier molecular flexibility index (Phi) is 6.36. The van der Waals surface area contributed by atoms with E-state index in [4.69, 9.17) is 9.84 Å². The van der Waals surface area contributed by atoms with Crippen molar-refractivity contribution in [2.45, 2.75) is 32.2 Å². The Hall–Kier alpha value is -2.24. The molecule has 0 saturated carbocycles. The first-order valence-electron chi connectivity index (χ1n) is 6.48. The van der Waals surface area contributed by atoms with Gasteiger partial charge in [0.2, 0.25) is 5.91 Å². The van der Waals surface area contributed by atoms with Crippen LogP contribution in [0.25, 0.3) is 0 Å². The van der Waals surface area contributed by atoms with Gasteiger partial charge in [0.1, 0.15) is 5.75 Å². The number of carbonyl (C=O) groups is 2. The topological polar surface area (TPSA) is 87.7 Å². The molecule has 0 fully saturated rings. The molecule has 0 bridgehead atoms. The van der Waals surface area contributed by atoms with E-state index in [2.05, 4.69) is 5.32 Å². The molecule has 0 aliphatic heterocycles. The van der Waals surface area contributed by atoms with E-state index in [1.54, 1.807) is 7.11 Å². The summed E-state index contributed by atoms with van der Waals surface area (Å²) in [5.41, 5.74) is 0.868. The van der Waals surface area contributed by atoms with Gasteiger partial charge in [0, 0.05) is 18.2 Å². The van der Waals surface area contributed by atoms with Crippen molar-refractivity contribution in [1.29, 1.82) is 0 Å². The Balaban J connectivity index is 2.60. The Labute approximate surface area is 118 Å². The van der Waals surface area contributed by atoms with Crippen LogP contribution in [0.2, 0.25) is 0 Å². The molecule has 0 aliphatic rings. The smallest absolute Gasteiger partial charge is 0.411 e. The van der Waals surface area contributed by atoms with Crippen molar-refractivity contribution in [1.82, 2.24) is 5.32 Å². The molecule has 0 radical (unpaired) electrons. The van der Waals surface area contributed by atoms with Crippen molar-refractivity contribution >= 4 is 17.7 Å². The molecule has 0 aliphatic carbocycles. The van der Waals surface area contributed by atoms with Crippen molar-refractivity contribution in [3.63, 3.8) is 0 Å². The number of nitrogens with one attached hydrogen (secondary N) is 2. The predicted molar refractivity (Wildman–Crippen MR) is 76.1 cm³/mol. The van der Waals surface area contributed by atoms with E-state index in [1.165, 1.54) is 0 Å². The van der Waals surface area contributed by atoms with E-state index >= 15 is 0 Å². The molecule has 110 valence electrons. The van der Waals surface area contributed by atoms with Crippen LogP contribution in [0.5, 0.6) is 5.75 Å². The molecule has 0 heterocycles. The second-order valence-electron chi connectivity index (χ2n) is 4.42. The third-order valence-electron chi connectivity index (χ3n) is 2.78. The van der Waals surface area contributed by atoms with Gasteiger partial charge in [-0.05, 0) is 30.7 Å². The van der Waals surface area contributed by atoms with Crippen LogP contribution < -0.4 is 15.4 Å². The van der Waals surface area contributed by atoms with Gasteiger partial charge < -0.3 is 15.2 Å². The number of anilines is 1. The molecule has 0 spiro atoms. The van der Waals surface area contributed by atoms with Gasteiger partial charge >= 0.3 is 6.09 Å². The van der Waals surface area contributed by atoms with Crippen LogP contribution in [0.15, 0.2) is 24.3 Å². The van der Waals surface area contributed by atoms with Crippen molar-refractivity contribution in [3.05, 3.63) is 24.3 Å². The second kappa shape index (κ2) is 8.04. The van der Waals surface area contributed by atoms with Crippen LogP contribution in [-0.2, 0) is 4.79 Å². The molecule has 3 N–H and O–H groups in total. The molecule has 1 aromatic carbocycles. The molecular weight excluding hydrogens is 260 g/mol. The van der Waals surface area contributed by atoms with E-state index < -0.39 is 12.0 Å². The lowest BCUT2D eigenvalue weighted by Crippen LogP contribution is -2.34. The molecular formula is C14H20N2O4. The number of amides is 2. The van der Waals surface area contributed by atoms with Gasteiger partial charge in [0.15, 0.2) is 0 Å². The minimum absolute atomic E-state index is 0.104. The normalized spacial score (nSPS) is 11.5. The predicted octanol–water partition coefficient (Wildman–Crippen LogP) is 2.46. The van der Waals surface area contributed by atoms with E-state index in [0.717, 1.165) is 24.3 Å². The molecule has 0 aromatic heterocycles. The molecule has 6 heteroatoms. The monoisotopic (exact) mass is 280 g/mol. The zero-order valence-electron chi connectivity index (χ0n) is 11.7. The van der Waals surface area contributed by atoms with E-state index in [-0.39, 0.29) is 12.5 Å². The van der Waals surface area contributed by atoms with E-state index in [9.17, 15) is 9.59 Å². The number of carboxylic acid groups (broad SMARTS) is 1. The van der Waals surface area contributed by atoms with Gasteiger partial charge in [-0.1, -0.05) is 13.3 Å². The Morgan fingerprint density at radius 1 is 1.30 bits per heavy atom. The third-order valence-corrected chi connectivity index (χ3v) is 2.78. The highest BCUT2D eigenvalue weighted by Gasteiger charge is 2.14. The minimum atomic E-state index is -1.32. The number of hydrogen-bond donors (Lipinski definition) is 3. The van der Waals surface area contributed by atoms with Gasteiger partial charge in [-0.2, -0.15) is 0 Å². The Bertz CT molecular complexity index is 445. The standard InChI is InChI=1S/C14H20N2O4/c1-3-4-11(9-13(17)16-14(18)19)15-10-5-7-12(20-2)8-6-10/h5-8,11,15H,3-4,9H2,1-2H3,(H,16,17)(H,18,19). The van der Waals surface area contributed by atoms with Gasteiger partial charge in [0.25, 0.3) is 0 Å². The summed E-state index contributed by atoms with van der Waals surface area (Å²) in [6.45, 7) is 2.01. The van der Waals surface area contributed by atoms with E-state index in [0.29, 0.717) is 0 Å². The zero-order chi connectivity index (χ0) is 15.0. The van der Waals surface area contributed by atoms with Crippen molar-refractivity contribution in [3.8, 4) is 5.75 Å². The number of imide groups is 1. The molecule has 6 nitrogen and oxygen atoms in total. The maximum atomic E-state index is 11.5. The lowest BCUT2D eigenvalue weighted by molar-refractivity contribution is -0.120. The fraction of sp³-hybridized carbons (Fsp3) is 0.429. The van der Waals surface area contributed by atoms with Crippen LogP contribution >= 0.6 is 0 Å². The third kappa shape index (κ3) is 5.60. The maximum Gasteiger partial charge on any atom is 0.411 e. The summed E-state index contributed by atoms with van der Waals surface area (Å²) >= 11 is 0. The van der Waals surface area contributed by atoms with Crippen molar-refractivity contribution < 1.29 is 19.4 Å². The number of benzene rings is 1. The van der Waals surface area contributed by atoms with Crippen molar-refractivity contribution in [2.24, 2.45) is 0 Å². The Morgan fingerprint density at radius 2 is 1.95 bits per heavy atom. The summed E-state index contributed by atoms with van der Waals surface area (Å²) in [5.74, 6) is 0.253. The van der Waals surface area contributed by atoms with Crippen LogP contribution in [0.1, 0.15) is 26.2 Å². The fourth-order valence-corrected chi connectivity index (χ4v) is 1.89. The van der Waals surface area contributed by atoms with Crippen LogP contribution in [0, 0.1) is 0 Å². The molecule has 1 aromatic rings. The number of methoxy groups -OCH3 is 1. The van der Waals surface area contributed by atoms with Gasteiger partial charge in [-0.25, -0.2) is 4.79 Å².